The van der Waals surface area contributed by atoms with Crippen molar-refractivity contribution in [2.45, 2.75) is 39.0 Å². The van der Waals surface area contributed by atoms with Gasteiger partial charge in [-0.15, -0.1) is 0 Å². The van der Waals surface area contributed by atoms with Gasteiger partial charge in [0, 0.05) is 14.2 Å². The maximum atomic E-state index is 5.57. The number of fused-ring (bicyclic) bond motifs is 1. The molecule has 0 bridgehead atoms. The molecule has 1 atom stereocenters. The smallest absolute Gasteiger partial charge is 0.0351 e. The standard InChI is InChI=1S/C11H15N.C2H6O.C2H6/c12-8-7-10-6-5-9-3-1-2-4-11(9)10;1-3-2;1-2/h1-4,10H,5-8,12H2;1-2H3;1-2H3/t10-;;/m0../s1. The summed E-state index contributed by atoms with van der Waals surface area (Å²) in [7, 11) is 3.25. The van der Waals surface area contributed by atoms with Gasteiger partial charge < -0.3 is 10.5 Å². The Kier molecular flexibility index (Phi) is 9.78. The summed E-state index contributed by atoms with van der Waals surface area (Å²) in [5.41, 5.74) is 8.65. The molecule has 17 heavy (non-hydrogen) atoms. The van der Waals surface area contributed by atoms with E-state index in [0.717, 1.165) is 18.9 Å². The van der Waals surface area contributed by atoms with Crippen LogP contribution in [0, 0.1) is 0 Å². The quantitative estimate of drug-likeness (QED) is 0.856. The van der Waals surface area contributed by atoms with Crippen molar-refractivity contribution in [2.24, 2.45) is 5.73 Å². The molecule has 0 radical (unpaired) electrons. The van der Waals surface area contributed by atoms with Crippen LogP contribution in [0.15, 0.2) is 24.3 Å². The molecule has 1 aromatic rings. The van der Waals surface area contributed by atoms with Gasteiger partial charge in [0.15, 0.2) is 0 Å². The minimum absolute atomic E-state index is 0.742. The Morgan fingerprint density at radius 2 is 1.82 bits per heavy atom. The predicted octanol–water partition coefficient (Wildman–Crippen LogP) is 3.35. The van der Waals surface area contributed by atoms with Crippen LogP contribution >= 0.6 is 0 Å². The van der Waals surface area contributed by atoms with Crippen molar-refractivity contribution in [1.29, 1.82) is 0 Å². The lowest BCUT2D eigenvalue weighted by Crippen LogP contribution is -2.04. The lowest BCUT2D eigenvalue weighted by molar-refractivity contribution is 0.277. The monoisotopic (exact) mass is 237 g/mol. The van der Waals surface area contributed by atoms with Gasteiger partial charge in [0.2, 0.25) is 0 Å². The van der Waals surface area contributed by atoms with Crippen LogP contribution < -0.4 is 5.73 Å². The van der Waals surface area contributed by atoms with Gasteiger partial charge in [-0.3, -0.25) is 0 Å². The first-order chi connectivity index (χ1) is 8.33. The second kappa shape index (κ2) is 10.3. The van der Waals surface area contributed by atoms with E-state index < -0.39 is 0 Å². The van der Waals surface area contributed by atoms with Crippen LogP contribution in [0.1, 0.15) is 43.7 Å². The molecule has 1 aromatic carbocycles. The first-order valence-electron chi connectivity index (χ1n) is 6.51. The molecule has 98 valence electrons. The fourth-order valence-corrected chi connectivity index (χ4v) is 2.15. The number of ether oxygens (including phenoxy) is 1. The van der Waals surface area contributed by atoms with Crippen LogP contribution in [0.25, 0.3) is 0 Å². The number of methoxy groups -OCH3 is 1. The predicted molar refractivity (Wildman–Crippen MR) is 75.5 cm³/mol. The number of aryl methyl sites for hydroxylation is 1. The van der Waals surface area contributed by atoms with Crippen LogP contribution in [0.2, 0.25) is 0 Å². The first kappa shape index (κ1) is 16.1. The van der Waals surface area contributed by atoms with Gasteiger partial charge in [-0.25, -0.2) is 0 Å². The summed E-state index contributed by atoms with van der Waals surface area (Å²) in [5, 5.41) is 0. The number of benzene rings is 1. The highest BCUT2D eigenvalue weighted by atomic mass is 16.4. The van der Waals surface area contributed by atoms with Crippen LogP contribution in [0.5, 0.6) is 0 Å². The molecule has 2 heteroatoms. The lowest BCUT2D eigenvalue weighted by atomic mass is 9.98. The van der Waals surface area contributed by atoms with E-state index >= 15 is 0 Å². The Bertz CT molecular complexity index is 284. The number of hydrogen-bond donors (Lipinski definition) is 1. The summed E-state index contributed by atoms with van der Waals surface area (Å²) in [4.78, 5) is 0. The van der Waals surface area contributed by atoms with Crippen molar-refractivity contribution >= 4 is 0 Å². The molecule has 0 heterocycles. The number of rotatable bonds is 2. The highest BCUT2D eigenvalue weighted by Gasteiger charge is 2.20. The molecule has 2 rings (SSSR count). The highest BCUT2D eigenvalue weighted by molar-refractivity contribution is 5.34. The highest BCUT2D eigenvalue weighted by Crippen LogP contribution is 2.34. The van der Waals surface area contributed by atoms with E-state index in [2.05, 4.69) is 29.0 Å². The van der Waals surface area contributed by atoms with Gasteiger partial charge >= 0.3 is 0 Å². The maximum absolute atomic E-state index is 5.57. The van der Waals surface area contributed by atoms with Crippen molar-refractivity contribution in [3.63, 3.8) is 0 Å². The Labute approximate surface area is 106 Å². The van der Waals surface area contributed by atoms with Gasteiger partial charge in [-0.1, -0.05) is 38.1 Å². The molecule has 0 aromatic heterocycles. The van der Waals surface area contributed by atoms with E-state index in [9.17, 15) is 0 Å². The average Bonchev–Trinajstić information content (AvgIpc) is 2.77. The van der Waals surface area contributed by atoms with Crippen LogP contribution in [0.3, 0.4) is 0 Å². The van der Waals surface area contributed by atoms with Gasteiger partial charge in [-0.2, -0.15) is 0 Å². The molecule has 1 aliphatic carbocycles. The van der Waals surface area contributed by atoms with Crippen molar-refractivity contribution in [2.75, 3.05) is 20.8 Å². The Hall–Kier alpha value is -0.860. The molecule has 1 aliphatic rings. The van der Waals surface area contributed by atoms with Crippen LogP contribution in [-0.2, 0) is 11.2 Å². The third-order valence-corrected chi connectivity index (χ3v) is 2.77. The molecule has 0 fully saturated rings. The molecule has 0 saturated heterocycles. The van der Waals surface area contributed by atoms with E-state index in [4.69, 9.17) is 5.73 Å². The first-order valence-corrected chi connectivity index (χ1v) is 6.51. The molecule has 0 saturated carbocycles. The molecule has 0 spiro atoms. The molecule has 2 N–H and O–H groups in total. The summed E-state index contributed by atoms with van der Waals surface area (Å²) >= 11 is 0. The number of hydrogen-bond acceptors (Lipinski definition) is 2. The second-order valence-corrected chi connectivity index (χ2v) is 3.92. The van der Waals surface area contributed by atoms with E-state index in [1.54, 1.807) is 19.8 Å². The zero-order valence-corrected chi connectivity index (χ0v) is 11.7. The molecule has 2 nitrogen and oxygen atoms in total. The van der Waals surface area contributed by atoms with Gasteiger partial charge in [0.25, 0.3) is 0 Å². The summed E-state index contributed by atoms with van der Waals surface area (Å²) < 4.78 is 4.25. The Morgan fingerprint density at radius 3 is 2.41 bits per heavy atom. The molecular formula is C15H27NO. The Balaban J connectivity index is 0.000000450. The van der Waals surface area contributed by atoms with E-state index in [0.29, 0.717) is 0 Å². The third-order valence-electron chi connectivity index (χ3n) is 2.77. The van der Waals surface area contributed by atoms with Gasteiger partial charge in [0.1, 0.15) is 0 Å². The minimum atomic E-state index is 0.742. The van der Waals surface area contributed by atoms with E-state index in [1.165, 1.54) is 18.4 Å². The van der Waals surface area contributed by atoms with Crippen molar-refractivity contribution in [3.05, 3.63) is 35.4 Å². The molecule has 0 amide bonds. The van der Waals surface area contributed by atoms with Crippen LogP contribution in [0.4, 0.5) is 0 Å². The summed E-state index contributed by atoms with van der Waals surface area (Å²) in [6, 6.07) is 8.76. The molecule has 0 unspecified atom stereocenters. The third kappa shape index (κ3) is 5.33. The summed E-state index contributed by atoms with van der Waals surface area (Å²) in [6.45, 7) is 4.82. The minimum Gasteiger partial charge on any atom is -0.388 e. The van der Waals surface area contributed by atoms with Crippen molar-refractivity contribution in [3.8, 4) is 0 Å². The molecular weight excluding hydrogens is 210 g/mol. The fraction of sp³-hybridized carbons (Fsp3) is 0.600. The SMILES string of the molecule is CC.COC.NCC[C@@H]1CCc2ccccc21. The summed E-state index contributed by atoms with van der Waals surface area (Å²) in [6.07, 6.45) is 3.70. The van der Waals surface area contributed by atoms with E-state index in [-0.39, 0.29) is 0 Å². The Morgan fingerprint density at radius 1 is 1.24 bits per heavy atom. The van der Waals surface area contributed by atoms with Gasteiger partial charge in [0.05, 0.1) is 0 Å². The second-order valence-electron chi connectivity index (χ2n) is 3.92. The fourth-order valence-electron chi connectivity index (χ4n) is 2.15. The summed E-state index contributed by atoms with van der Waals surface area (Å²) in [5.74, 6) is 0.742. The topological polar surface area (TPSA) is 35.2 Å². The van der Waals surface area contributed by atoms with E-state index in [1.807, 2.05) is 13.8 Å². The largest absolute Gasteiger partial charge is 0.388 e. The zero-order valence-electron chi connectivity index (χ0n) is 11.7. The number of nitrogens with two attached hydrogens (primary N) is 1. The maximum Gasteiger partial charge on any atom is 0.0351 e. The van der Waals surface area contributed by atoms with Crippen molar-refractivity contribution < 1.29 is 4.74 Å². The molecule has 0 aliphatic heterocycles. The van der Waals surface area contributed by atoms with Crippen LogP contribution in [-0.4, -0.2) is 20.8 Å². The zero-order chi connectivity index (χ0) is 13.1. The average molecular weight is 237 g/mol. The van der Waals surface area contributed by atoms with Gasteiger partial charge in [-0.05, 0) is 42.9 Å². The normalized spacial score (nSPS) is 16.2. The lowest BCUT2D eigenvalue weighted by Gasteiger charge is -2.08. The van der Waals surface area contributed by atoms with Crippen molar-refractivity contribution in [1.82, 2.24) is 0 Å².